The summed E-state index contributed by atoms with van der Waals surface area (Å²) in [7, 11) is 0. The molecule has 0 saturated carbocycles. The minimum absolute atomic E-state index is 0.0330. The Morgan fingerprint density at radius 1 is 1.50 bits per heavy atom. The second-order valence-electron chi connectivity index (χ2n) is 5.14. The van der Waals surface area contributed by atoms with Gasteiger partial charge in [0.05, 0.1) is 5.56 Å². The summed E-state index contributed by atoms with van der Waals surface area (Å²) in [5.74, 6) is 0.699. The van der Waals surface area contributed by atoms with Crippen molar-refractivity contribution in [1.29, 1.82) is 0 Å². The first-order valence-corrected chi connectivity index (χ1v) is 6.71. The average Bonchev–Trinajstić information content (AvgIpc) is 2.41. The molecule has 98 valence electrons. The van der Waals surface area contributed by atoms with Crippen molar-refractivity contribution in [2.45, 2.75) is 33.1 Å². The number of aryl methyl sites for hydroxylation is 1. The van der Waals surface area contributed by atoms with Crippen LogP contribution in [0.5, 0.6) is 5.75 Å². The Morgan fingerprint density at radius 2 is 2.28 bits per heavy atom. The van der Waals surface area contributed by atoms with E-state index in [1.807, 2.05) is 24.0 Å². The zero-order valence-corrected chi connectivity index (χ0v) is 11.1. The van der Waals surface area contributed by atoms with Gasteiger partial charge in [0, 0.05) is 13.1 Å². The maximum absolute atomic E-state index is 12.4. The number of carbonyl (C=O) groups is 1. The summed E-state index contributed by atoms with van der Waals surface area (Å²) in [5.41, 5.74) is 1.19. The molecule has 1 aromatic rings. The normalized spacial score (nSPS) is 19.9. The summed E-state index contributed by atoms with van der Waals surface area (Å²) >= 11 is 0. The highest BCUT2D eigenvalue weighted by molar-refractivity contribution is 5.97. The lowest BCUT2D eigenvalue weighted by molar-refractivity contribution is 0.0668. The molecule has 1 atom stereocenters. The number of para-hydroxylation sites is 1. The maximum atomic E-state index is 12.4. The molecule has 0 radical (unpaired) electrons. The number of carbonyl (C=O) groups excluding carboxylic acids is 1. The third-order valence-electron chi connectivity index (χ3n) is 3.85. The predicted molar refractivity (Wildman–Crippen MR) is 71.8 cm³/mol. The molecule has 18 heavy (non-hydrogen) atoms. The zero-order chi connectivity index (χ0) is 13.1. The van der Waals surface area contributed by atoms with Gasteiger partial charge < -0.3 is 10.0 Å². The van der Waals surface area contributed by atoms with E-state index in [4.69, 9.17) is 0 Å². The molecule has 2 rings (SSSR count). The Kier molecular flexibility index (Phi) is 3.90. The molecule has 3 nitrogen and oxygen atoms in total. The molecule has 0 aromatic heterocycles. The monoisotopic (exact) mass is 247 g/mol. The van der Waals surface area contributed by atoms with Crippen molar-refractivity contribution in [3.05, 3.63) is 29.3 Å². The van der Waals surface area contributed by atoms with Crippen LogP contribution in [0.1, 0.15) is 42.1 Å². The Balaban J connectivity index is 2.18. The number of amides is 1. The van der Waals surface area contributed by atoms with Gasteiger partial charge in [0.15, 0.2) is 0 Å². The molecular formula is C15H21NO2. The van der Waals surface area contributed by atoms with Crippen molar-refractivity contribution in [2.75, 3.05) is 13.1 Å². The third kappa shape index (κ3) is 2.50. The maximum Gasteiger partial charge on any atom is 0.257 e. The second-order valence-corrected chi connectivity index (χ2v) is 5.14. The Bertz CT molecular complexity index is 442. The van der Waals surface area contributed by atoms with Crippen LogP contribution < -0.4 is 0 Å². The van der Waals surface area contributed by atoms with Crippen molar-refractivity contribution in [3.63, 3.8) is 0 Å². The van der Waals surface area contributed by atoms with E-state index >= 15 is 0 Å². The highest BCUT2D eigenvalue weighted by Gasteiger charge is 2.25. The predicted octanol–water partition coefficient (Wildman–Crippen LogP) is 2.96. The Labute approximate surface area is 108 Å². The molecule has 0 spiro atoms. The Hall–Kier alpha value is -1.51. The van der Waals surface area contributed by atoms with Crippen LogP contribution in [-0.4, -0.2) is 29.0 Å². The van der Waals surface area contributed by atoms with Crippen LogP contribution in [-0.2, 0) is 0 Å². The first-order valence-electron chi connectivity index (χ1n) is 6.71. The number of hydrogen-bond acceptors (Lipinski definition) is 2. The van der Waals surface area contributed by atoms with E-state index in [2.05, 4.69) is 6.92 Å². The number of rotatable bonds is 2. The fourth-order valence-corrected chi connectivity index (χ4v) is 2.58. The number of benzene rings is 1. The van der Waals surface area contributed by atoms with Crippen molar-refractivity contribution in [1.82, 2.24) is 4.90 Å². The van der Waals surface area contributed by atoms with Gasteiger partial charge in [-0.1, -0.05) is 25.5 Å². The summed E-state index contributed by atoms with van der Waals surface area (Å²) in [6.07, 6.45) is 3.39. The fraction of sp³-hybridized carbons (Fsp3) is 0.533. The van der Waals surface area contributed by atoms with E-state index in [0.717, 1.165) is 31.5 Å². The molecule has 0 bridgehead atoms. The van der Waals surface area contributed by atoms with Gasteiger partial charge >= 0.3 is 0 Å². The van der Waals surface area contributed by atoms with Crippen molar-refractivity contribution in [2.24, 2.45) is 5.92 Å². The van der Waals surface area contributed by atoms with Gasteiger partial charge in [0.25, 0.3) is 5.91 Å². The lowest BCUT2D eigenvalue weighted by Crippen LogP contribution is -2.39. The number of aromatic hydroxyl groups is 1. The van der Waals surface area contributed by atoms with Gasteiger partial charge in [-0.05, 0) is 37.3 Å². The number of likely N-dealkylation sites (tertiary alicyclic amines) is 1. The van der Waals surface area contributed by atoms with Gasteiger partial charge in [-0.2, -0.15) is 0 Å². The van der Waals surface area contributed by atoms with Crippen molar-refractivity contribution in [3.8, 4) is 5.75 Å². The van der Waals surface area contributed by atoms with Crippen LogP contribution in [0.4, 0.5) is 0 Å². The number of phenolic OH excluding ortho intramolecular Hbond substituents is 1. The van der Waals surface area contributed by atoms with Gasteiger partial charge in [0.2, 0.25) is 0 Å². The van der Waals surface area contributed by atoms with E-state index in [1.165, 1.54) is 6.42 Å². The molecule has 1 fully saturated rings. The first-order chi connectivity index (χ1) is 8.63. The number of hydrogen-bond donors (Lipinski definition) is 1. The van der Waals surface area contributed by atoms with Gasteiger partial charge in [0.1, 0.15) is 5.75 Å². The summed E-state index contributed by atoms with van der Waals surface area (Å²) in [5, 5.41) is 9.97. The number of piperidine rings is 1. The van der Waals surface area contributed by atoms with Crippen LogP contribution in [0.3, 0.4) is 0 Å². The summed E-state index contributed by atoms with van der Waals surface area (Å²) in [6, 6.07) is 5.35. The van der Waals surface area contributed by atoms with E-state index in [0.29, 0.717) is 11.5 Å². The SMILES string of the molecule is CCC1CCCN(C(=O)c2cccc(C)c2O)C1. The molecule has 1 saturated heterocycles. The first kappa shape index (κ1) is 12.9. The third-order valence-corrected chi connectivity index (χ3v) is 3.85. The lowest BCUT2D eigenvalue weighted by Gasteiger charge is -2.32. The lowest BCUT2D eigenvalue weighted by atomic mass is 9.95. The van der Waals surface area contributed by atoms with Crippen LogP contribution in [0, 0.1) is 12.8 Å². The summed E-state index contributed by atoms with van der Waals surface area (Å²) in [6.45, 7) is 5.62. The molecule has 1 aliphatic rings. The molecule has 1 amide bonds. The number of nitrogens with zero attached hydrogens (tertiary/aromatic N) is 1. The second kappa shape index (κ2) is 5.42. The van der Waals surface area contributed by atoms with E-state index < -0.39 is 0 Å². The largest absolute Gasteiger partial charge is 0.507 e. The van der Waals surface area contributed by atoms with Gasteiger partial charge in [-0.25, -0.2) is 0 Å². The molecular weight excluding hydrogens is 226 g/mol. The molecule has 0 aliphatic carbocycles. The highest BCUT2D eigenvalue weighted by Crippen LogP contribution is 2.26. The standard InChI is InChI=1S/C15H21NO2/c1-3-12-7-5-9-16(10-12)15(18)13-8-4-6-11(2)14(13)17/h4,6,8,12,17H,3,5,7,9-10H2,1-2H3. The fourth-order valence-electron chi connectivity index (χ4n) is 2.58. The van der Waals surface area contributed by atoms with Gasteiger partial charge in [-0.15, -0.1) is 0 Å². The molecule has 3 heteroatoms. The smallest absolute Gasteiger partial charge is 0.257 e. The average molecular weight is 247 g/mol. The molecule has 1 aliphatic heterocycles. The Morgan fingerprint density at radius 3 is 3.00 bits per heavy atom. The van der Waals surface area contributed by atoms with Crippen LogP contribution >= 0.6 is 0 Å². The van der Waals surface area contributed by atoms with E-state index in [-0.39, 0.29) is 11.7 Å². The topological polar surface area (TPSA) is 40.5 Å². The molecule has 1 heterocycles. The molecule has 1 aromatic carbocycles. The summed E-state index contributed by atoms with van der Waals surface area (Å²) in [4.78, 5) is 14.3. The quantitative estimate of drug-likeness (QED) is 0.872. The minimum Gasteiger partial charge on any atom is -0.507 e. The molecule has 1 unspecified atom stereocenters. The van der Waals surface area contributed by atoms with Crippen LogP contribution in [0.15, 0.2) is 18.2 Å². The number of phenols is 1. The van der Waals surface area contributed by atoms with E-state index in [9.17, 15) is 9.90 Å². The highest BCUT2D eigenvalue weighted by atomic mass is 16.3. The van der Waals surface area contributed by atoms with E-state index in [1.54, 1.807) is 6.07 Å². The minimum atomic E-state index is -0.0330. The molecule has 1 N–H and O–H groups in total. The zero-order valence-electron chi connectivity index (χ0n) is 11.1. The van der Waals surface area contributed by atoms with Crippen LogP contribution in [0.25, 0.3) is 0 Å². The van der Waals surface area contributed by atoms with Crippen molar-refractivity contribution < 1.29 is 9.90 Å². The van der Waals surface area contributed by atoms with Gasteiger partial charge in [-0.3, -0.25) is 4.79 Å². The van der Waals surface area contributed by atoms with Crippen molar-refractivity contribution >= 4 is 5.91 Å². The van der Waals surface area contributed by atoms with Crippen LogP contribution in [0.2, 0.25) is 0 Å². The summed E-state index contributed by atoms with van der Waals surface area (Å²) < 4.78 is 0.